The fraction of sp³-hybridized carbons (Fsp3) is 0.579. The van der Waals surface area contributed by atoms with E-state index in [-0.39, 0.29) is 24.3 Å². The third-order valence-electron chi connectivity index (χ3n) is 3.99. The lowest BCUT2D eigenvalue weighted by atomic mass is 10.0. The lowest BCUT2D eigenvalue weighted by molar-refractivity contribution is -0.122. The van der Waals surface area contributed by atoms with E-state index in [2.05, 4.69) is 43.2 Å². The second-order valence-corrected chi connectivity index (χ2v) is 6.64. The molecule has 0 heterocycles. The molecule has 5 nitrogen and oxygen atoms in total. The monoisotopic (exact) mass is 333 g/mol. The molecule has 1 atom stereocenters. The molecule has 0 aromatic heterocycles. The van der Waals surface area contributed by atoms with Crippen LogP contribution < -0.4 is 10.6 Å². The van der Waals surface area contributed by atoms with Gasteiger partial charge in [-0.25, -0.2) is 0 Å². The Hall–Kier alpha value is -1.88. The molecular weight excluding hydrogens is 302 g/mol. The summed E-state index contributed by atoms with van der Waals surface area (Å²) < 4.78 is 0. The Morgan fingerprint density at radius 1 is 1.04 bits per heavy atom. The van der Waals surface area contributed by atoms with Gasteiger partial charge in [0.05, 0.1) is 12.5 Å². The highest BCUT2D eigenvalue weighted by molar-refractivity contribution is 5.79. The molecule has 0 aliphatic carbocycles. The van der Waals surface area contributed by atoms with Crippen LogP contribution in [0.2, 0.25) is 0 Å². The number of hydrogen-bond acceptors (Lipinski definition) is 3. The van der Waals surface area contributed by atoms with Gasteiger partial charge in [-0.2, -0.15) is 0 Å². The molecule has 0 aliphatic rings. The summed E-state index contributed by atoms with van der Waals surface area (Å²) in [5.74, 6) is -0.187. The van der Waals surface area contributed by atoms with Crippen molar-refractivity contribution in [1.29, 1.82) is 0 Å². The van der Waals surface area contributed by atoms with E-state index >= 15 is 0 Å². The standard InChI is InChI=1S/C19H31N3O2/c1-14(2)22(15(3)4)12-11-20-19(24)13-18(21-16(5)23)17-9-7-6-8-10-17/h6-10,14-15,18H,11-13H2,1-5H3,(H,20,24)(H,21,23). The number of nitrogens with zero attached hydrogens (tertiary/aromatic N) is 1. The summed E-state index contributed by atoms with van der Waals surface area (Å²) >= 11 is 0. The quantitative estimate of drug-likeness (QED) is 0.730. The van der Waals surface area contributed by atoms with E-state index in [1.54, 1.807) is 0 Å². The van der Waals surface area contributed by atoms with Gasteiger partial charge in [-0.3, -0.25) is 14.5 Å². The molecule has 0 saturated heterocycles. The van der Waals surface area contributed by atoms with E-state index in [4.69, 9.17) is 0 Å². The van der Waals surface area contributed by atoms with E-state index in [9.17, 15) is 9.59 Å². The van der Waals surface area contributed by atoms with Crippen LogP contribution in [0.25, 0.3) is 0 Å². The van der Waals surface area contributed by atoms with Crippen LogP contribution in [0.15, 0.2) is 30.3 Å². The van der Waals surface area contributed by atoms with E-state index in [0.717, 1.165) is 12.1 Å². The normalized spacial score (nSPS) is 12.5. The first-order valence-electron chi connectivity index (χ1n) is 8.65. The molecule has 0 radical (unpaired) electrons. The second-order valence-electron chi connectivity index (χ2n) is 6.64. The maximum Gasteiger partial charge on any atom is 0.222 e. The Bertz CT molecular complexity index is 507. The van der Waals surface area contributed by atoms with Crippen LogP contribution >= 0.6 is 0 Å². The van der Waals surface area contributed by atoms with Crippen LogP contribution in [0.4, 0.5) is 0 Å². The highest BCUT2D eigenvalue weighted by Crippen LogP contribution is 2.16. The van der Waals surface area contributed by atoms with Crippen molar-refractivity contribution in [3.63, 3.8) is 0 Å². The van der Waals surface area contributed by atoms with Gasteiger partial charge in [0.15, 0.2) is 0 Å². The Kier molecular flexibility index (Phi) is 8.47. The molecular formula is C19H31N3O2. The molecule has 0 aliphatic heterocycles. The Morgan fingerprint density at radius 2 is 1.62 bits per heavy atom. The van der Waals surface area contributed by atoms with Gasteiger partial charge in [-0.05, 0) is 33.3 Å². The third-order valence-corrected chi connectivity index (χ3v) is 3.99. The lowest BCUT2D eigenvalue weighted by Gasteiger charge is -2.30. The number of benzene rings is 1. The largest absolute Gasteiger partial charge is 0.355 e. The number of nitrogens with one attached hydrogen (secondary N) is 2. The maximum absolute atomic E-state index is 12.2. The van der Waals surface area contributed by atoms with Gasteiger partial charge in [0, 0.05) is 32.1 Å². The Balaban J connectivity index is 2.55. The topological polar surface area (TPSA) is 61.4 Å². The van der Waals surface area contributed by atoms with Gasteiger partial charge in [0.2, 0.25) is 11.8 Å². The van der Waals surface area contributed by atoms with Crippen molar-refractivity contribution in [3.05, 3.63) is 35.9 Å². The van der Waals surface area contributed by atoms with Crippen LogP contribution in [0.3, 0.4) is 0 Å². The Morgan fingerprint density at radius 3 is 2.12 bits per heavy atom. The van der Waals surface area contributed by atoms with Crippen LogP contribution in [-0.2, 0) is 9.59 Å². The molecule has 5 heteroatoms. The fourth-order valence-corrected chi connectivity index (χ4v) is 2.88. The molecule has 0 bridgehead atoms. The van der Waals surface area contributed by atoms with Gasteiger partial charge in [0.25, 0.3) is 0 Å². The number of amides is 2. The number of rotatable bonds is 9. The molecule has 134 valence electrons. The van der Waals surface area contributed by atoms with Gasteiger partial charge >= 0.3 is 0 Å². The van der Waals surface area contributed by atoms with Crippen LogP contribution in [0, 0.1) is 0 Å². The summed E-state index contributed by atoms with van der Waals surface area (Å²) in [6.07, 6.45) is 0.243. The predicted octanol–water partition coefficient (Wildman–Crippen LogP) is 2.49. The van der Waals surface area contributed by atoms with Gasteiger partial charge < -0.3 is 10.6 Å². The van der Waals surface area contributed by atoms with Crippen LogP contribution in [-0.4, -0.2) is 41.9 Å². The maximum atomic E-state index is 12.2. The number of carbonyl (C=O) groups excluding carboxylic acids is 2. The zero-order valence-electron chi connectivity index (χ0n) is 15.5. The van der Waals surface area contributed by atoms with E-state index in [0.29, 0.717) is 18.6 Å². The first kappa shape index (κ1) is 20.2. The van der Waals surface area contributed by atoms with Crippen LogP contribution in [0.5, 0.6) is 0 Å². The van der Waals surface area contributed by atoms with Gasteiger partial charge in [-0.1, -0.05) is 30.3 Å². The van der Waals surface area contributed by atoms with E-state index in [1.165, 1.54) is 6.92 Å². The molecule has 1 unspecified atom stereocenters. The molecule has 2 N–H and O–H groups in total. The second kappa shape index (κ2) is 10.1. The van der Waals surface area contributed by atoms with E-state index in [1.807, 2.05) is 30.3 Å². The molecule has 1 aromatic carbocycles. The molecule has 0 saturated carbocycles. The van der Waals surface area contributed by atoms with Crippen molar-refractivity contribution in [1.82, 2.24) is 15.5 Å². The molecule has 2 amide bonds. The molecule has 1 aromatic rings. The van der Waals surface area contributed by atoms with E-state index < -0.39 is 0 Å². The summed E-state index contributed by atoms with van der Waals surface area (Å²) in [4.78, 5) is 26.0. The molecule has 1 rings (SSSR count). The molecule has 0 spiro atoms. The lowest BCUT2D eigenvalue weighted by Crippen LogP contribution is -2.43. The van der Waals surface area contributed by atoms with Crippen LogP contribution in [0.1, 0.15) is 52.6 Å². The van der Waals surface area contributed by atoms with Gasteiger partial charge in [0.1, 0.15) is 0 Å². The zero-order valence-corrected chi connectivity index (χ0v) is 15.5. The van der Waals surface area contributed by atoms with Gasteiger partial charge in [-0.15, -0.1) is 0 Å². The van der Waals surface area contributed by atoms with Crippen molar-refractivity contribution in [3.8, 4) is 0 Å². The SMILES string of the molecule is CC(=O)NC(CC(=O)NCCN(C(C)C)C(C)C)c1ccccc1. The predicted molar refractivity (Wildman–Crippen MR) is 97.6 cm³/mol. The third kappa shape index (κ3) is 7.13. The summed E-state index contributed by atoms with van der Waals surface area (Å²) in [6.45, 7) is 11.5. The smallest absolute Gasteiger partial charge is 0.222 e. The van der Waals surface area contributed by atoms with Crippen molar-refractivity contribution < 1.29 is 9.59 Å². The van der Waals surface area contributed by atoms with Crippen molar-refractivity contribution in [2.75, 3.05) is 13.1 Å². The highest BCUT2D eigenvalue weighted by Gasteiger charge is 2.17. The van der Waals surface area contributed by atoms with Crippen molar-refractivity contribution >= 4 is 11.8 Å². The summed E-state index contributed by atoms with van der Waals surface area (Å²) in [5.41, 5.74) is 0.939. The number of carbonyl (C=O) groups is 2. The Labute approximate surface area is 145 Å². The average molecular weight is 333 g/mol. The minimum atomic E-state index is -0.296. The minimum Gasteiger partial charge on any atom is -0.355 e. The zero-order chi connectivity index (χ0) is 18.1. The minimum absolute atomic E-state index is 0.0509. The summed E-state index contributed by atoms with van der Waals surface area (Å²) in [6, 6.07) is 10.2. The number of hydrogen-bond donors (Lipinski definition) is 2. The summed E-state index contributed by atoms with van der Waals surface area (Å²) in [5, 5.41) is 5.82. The first-order chi connectivity index (χ1) is 11.3. The van der Waals surface area contributed by atoms with Crippen molar-refractivity contribution in [2.45, 2.75) is 59.2 Å². The summed E-state index contributed by atoms with van der Waals surface area (Å²) in [7, 11) is 0. The molecule has 24 heavy (non-hydrogen) atoms. The first-order valence-corrected chi connectivity index (χ1v) is 8.65. The van der Waals surface area contributed by atoms with Crippen molar-refractivity contribution in [2.24, 2.45) is 0 Å². The fourth-order valence-electron chi connectivity index (χ4n) is 2.88. The average Bonchev–Trinajstić information content (AvgIpc) is 2.50. The molecule has 0 fully saturated rings. The highest BCUT2D eigenvalue weighted by atomic mass is 16.2.